The van der Waals surface area contributed by atoms with Gasteiger partial charge in [-0.15, -0.1) is 0 Å². The molecular formula is C13H13BrO2. The predicted molar refractivity (Wildman–Crippen MR) is 65.5 cm³/mol. The number of fused-ring (bicyclic) bond motifs is 1. The Morgan fingerprint density at radius 1 is 1.44 bits per heavy atom. The third kappa shape index (κ3) is 1.73. The van der Waals surface area contributed by atoms with Gasteiger partial charge in [-0.1, -0.05) is 41.9 Å². The van der Waals surface area contributed by atoms with Gasteiger partial charge in [-0.3, -0.25) is 9.59 Å². The van der Waals surface area contributed by atoms with Crippen LogP contribution in [0, 0.1) is 11.8 Å². The first-order valence-electron chi connectivity index (χ1n) is 5.37. The lowest BCUT2D eigenvalue weighted by atomic mass is 9.92. The first-order chi connectivity index (χ1) is 7.52. The van der Waals surface area contributed by atoms with Gasteiger partial charge < -0.3 is 0 Å². The molecule has 3 heteroatoms. The van der Waals surface area contributed by atoms with Crippen LogP contribution in [-0.4, -0.2) is 11.6 Å². The molecule has 1 aliphatic carbocycles. The number of halogens is 1. The molecule has 16 heavy (non-hydrogen) atoms. The Hall–Kier alpha value is -0.960. The summed E-state index contributed by atoms with van der Waals surface area (Å²) >= 11 is 3.42. The minimum Gasteiger partial charge on any atom is -0.299 e. The fraction of sp³-hybridized carbons (Fsp3) is 0.385. The lowest BCUT2D eigenvalue weighted by Crippen LogP contribution is -2.24. The third-order valence-electron chi connectivity index (χ3n) is 3.02. The molecule has 0 spiro atoms. The quantitative estimate of drug-likeness (QED) is 0.781. The van der Waals surface area contributed by atoms with E-state index in [1.54, 1.807) is 6.07 Å². The van der Waals surface area contributed by atoms with E-state index in [4.69, 9.17) is 0 Å². The zero-order valence-electron chi connectivity index (χ0n) is 9.29. The minimum atomic E-state index is -0.464. The highest BCUT2D eigenvalue weighted by Gasteiger charge is 2.37. The van der Waals surface area contributed by atoms with Crippen LogP contribution in [0.2, 0.25) is 0 Å². The topological polar surface area (TPSA) is 34.1 Å². The predicted octanol–water partition coefficient (Wildman–Crippen LogP) is 3.03. The zero-order valence-corrected chi connectivity index (χ0v) is 10.9. The summed E-state index contributed by atoms with van der Waals surface area (Å²) in [6.45, 7) is 3.68. The monoisotopic (exact) mass is 280 g/mol. The molecule has 0 radical (unpaired) electrons. The highest BCUT2D eigenvalue weighted by Crippen LogP contribution is 2.33. The Kier molecular flexibility index (Phi) is 2.98. The van der Waals surface area contributed by atoms with Crippen LogP contribution in [0.3, 0.4) is 0 Å². The maximum Gasteiger partial charge on any atom is 0.173 e. The lowest BCUT2D eigenvalue weighted by Gasteiger charge is -2.09. The number of hydrogen-bond acceptors (Lipinski definition) is 2. The second-order valence-electron chi connectivity index (χ2n) is 4.44. The summed E-state index contributed by atoms with van der Waals surface area (Å²) < 4.78 is 0.928. The van der Waals surface area contributed by atoms with Gasteiger partial charge in [0.2, 0.25) is 0 Å². The number of Topliss-reactive ketones (excluding diaryl/α,β-unsaturated/α-hetero) is 2. The molecule has 0 amide bonds. The van der Waals surface area contributed by atoms with Gasteiger partial charge in [0.1, 0.15) is 5.78 Å². The van der Waals surface area contributed by atoms with Crippen LogP contribution in [0.1, 0.15) is 29.8 Å². The molecular weight excluding hydrogens is 268 g/mol. The molecule has 1 aliphatic rings. The average molecular weight is 281 g/mol. The largest absolute Gasteiger partial charge is 0.299 e. The highest BCUT2D eigenvalue weighted by molar-refractivity contribution is 9.10. The van der Waals surface area contributed by atoms with Crippen molar-refractivity contribution in [3.8, 4) is 0 Å². The van der Waals surface area contributed by atoms with Crippen molar-refractivity contribution in [3.63, 3.8) is 0 Å². The van der Waals surface area contributed by atoms with E-state index < -0.39 is 5.92 Å². The van der Waals surface area contributed by atoms with E-state index in [1.807, 2.05) is 26.0 Å². The number of hydrogen-bond donors (Lipinski definition) is 0. The molecule has 0 aromatic heterocycles. The Balaban J connectivity index is 2.38. The van der Waals surface area contributed by atoms with Crippen molar-refractivity contribution in [2.24, 2.45) is 11.8 Å². The van der Waals surface area contributed by atoms with Crippen LogP contribution in [0.25, 0.3) is 0 Å². The molecule has 0 N–H and O–H groups in total. The molecule has 0 aliphatic heterocycles. The summed E-state index contributed by atoms with van der Waals surface area (Å²) in [5, 5.41) is 0. The number of carbonyl (C=O) groups excluding carboxylic acids is 2. The molecule has 2 nitrogen and oxygen atoms in total. The van der Waals surface area contributed by atoms with Crippen LogP contribution in [0.4, 0.5) is 0 Å². The number of ketones is 2. The van der Waals surface area contributed by atoms with Crippen LogP contribution in [-0.2, 0) is 11.2 Å². The van der Waals surface area contributed by atoms with Crippen LogP contribution < -0.4 is 0 Å². The molecule has 2 rings (SSSR count). The van der Waals surface area contributed by atoms with E-state index in [9.17, 15) is 9.59 Å². The van der Waals surface area contributed by atoms with E-state index in [0.29, 0.717) is 12.0 Å². The summed E-state index contributed by atoms with van der Waals surface area (Å²) in [6.07, 6.45) is 0.548. The first-order valence-corrected chi connectivity index (χ1v) is 6.17. The van der Waals surface area contributed by atoms with Crippen molar-refractivity contribution < 1.29 is 9.59 Å². The SMILES string of the molecule is CC(C)C(=O)C1Cc2c(Br)cccc2C1=O. The summed E-state index contributed by atoms with van der Waals surface area (Å²) in [4.78, 5) is 24.0. The van der Waals surface area contributed by atoms with Crippen LogP contribution >= 0.6 is 15.9 Å². The van der Waals surface area contributed by atoms with E-state index in [2.05, 4.69) is 15.9 Å². The number of carbonyl (C=O) groups is 2. The van der Waals surface area contributed by atoms with Gasteiger partial charge in [0.05, 0.1) is 5.92 Å². The molecule has 0 bridgehead atoms. The van der Waals surface area contributed by atoms with Crippen molar-refractivity contribution in [1.29, 1.82) is 0 Å². The summed E-state index contributed by atoms with van der Waals surface area (Å²) in [5.41, 5.74) is 1.68. The summed E-state index contributed by atoms with van der Waals surface area (Å²) in [7, 11) is 0. The highest BCUT2D eigenvalue weighted by atomic mass is 79.9. The van der Waals surface area contributed by atoms with Gasteiger partial charge in [-0.25, -0.2) is 0 Å². The van der Waals surface area contributed by atoms with Crippen LogP contribution in [0.5, 0.6) is 0 Å². The van der Waals surface area contributed by atoms with Crippen molar-refractivity contribution in [1.82, 2.24) is 0 Å². The lowest BCUT2D eigenvalue weighted by molar-refractivity contribution is -0.124. The van der Waals surface area contributed by atoms with E-state index in [-0.39, 0.29) is 17.5 Å². The molecule has 1 unspecified atom stereocenters. The Morgan fingerprint density at radius 2 is 2.12 bits per heavy atom. The first kappa shape index (κ1) is 11.5. The number of rotatable bonds is 2. The summed E-state index contributed by atoms with van der Waals surface area (Å²) in [5.74, 6) is -0.515. The average Bonchev–Trinajstić information content (AvgIpc) is 2.57. The van der Waals surface area contributed by atoms with Crippen molar-refractivity contribution in [2.75, 3.05) is 0 Å². The molecule has 1 aromatic rings. The summed E-state index contributed by atoms with van der Waals surface area (Å²) in [6, 6.07) is 5.55. The van der Waals surface area contributed by atoms with E-state index in [0.717, 1.165) is 10.0 Å². The van der Waals surface area contributed by atoms with E-state index >= 15 is 0 Å². The van der Waals surface area contributed by atoms with Crippen molar-refractivity contribution in [3.05, 3.63) is 33.8 Å². The number of benzene rings is 1. The van der Waals surface area contributed by atoms with Gasteiger partial charge in [0.25, 0.3) is 0 Å². The molecule has 0 saturated carbocycles. The maximum absolute atomic E-state index is 12.1. The molecule has 84 valence electrons. The fourth-order valence-electron chi connectivity index (χ4n) is 2.11. The van der Waals surface area contributed by atoms with Crippen molar-refractivity contribution >= 4 is 27.5 Å². The van der Waals surface area contributed by atoms with Gasteiger partial charge in [-0.2, -0.15) is 0 Å². The van der Waals surface area contributed by atoms with Gasteiger partial charge >= 0.3 is 0 Å². The molecule has 0 fully saturated rings. The maximum atomic E-state index is 12.1. The van der Waals surface area contributed by atoms with Crippen molar-refractivity contribution in [2.45, 2.75) is 20.3 Å². The van der Waals surface area contributed by atoms with Gasteiger partial charge in [0, 0.05) is 16.0 Å². The Bertz CT molecular complexity index is 463. The van der Waals surface area contributed by atoms with Crippen LogP contribution in [0.15, 0.2) is 22.7 Å². The smallest absolute Gasteiger partial charge is 0.173 e. The second-order valence-corrected chi connectivity index (χ2v) is 5.30. The second kappa shape index (κ2) is 4.13. The molecule has 0 heterocycles. The molecule has 1 atom stereocenters. The van der Waals surface area contributed by atoms with E-state index in [1.165, 1.54) is 0 Å². The molecule has 1 aromatic carbocycles. The Labute approximate surface area is 103 Å². The van der Waals surface area contributed by atoms with Gasteiger partial charge in [-0.05, 0) is 18.1 Å². The Morgan fingerprint density at radius 3 is 2.69 bits per heavy atom. The third-order valence-corrected chi connectivity index (χ3v) is 3.76. The minimum absolute atomic E-state index is 0.0185. The zero-order chi connectivity index (χ0) is 11.9. The standard InChI is InChI=1S/C13H13BrO2/c1-7(2)12(15)10-6-9-8(13(10)16)4-3-5-11(9)14/h3-5,7,10H,6H2,1-2H3. The molecule has 0 saturated heterocycles. The normalized spacial score (nSPS) is 19.0. The van der Waals surface area contributed by atoms with Gasteiger partial charge in [0.15, 0.2) is 5.78 Å². The fourth-order valence-corrected chi connectivity index (χ4v) is 2.64.